The molecule has 0 bridgehead atoms. The average Bonchev–Trinajstić information content (AvgIpc) is 2.57. The van der Waals surface area contributed by atoms with Crippen molar-refractivity contribution >= 4 is 17.5 Å². The molecule has 0 spiro atoms. The first-order chi connectivity index (χ1) is 6.33. The first kappa shape index (κ1) is 10.1. The number of carbonyl (C=O) groups excluding carboxylic acids is 1. The van der Waals surface area contributed by atoms with Crippen molar-refractivity contribution < 1.29 is 4.79 Å². The van der Waals surface area contributed by atoms with E-state index in [9.17, 15) is 4.79 Å². The van der Waals surface area contributed by atoms with E-state index < -0.39 is 0 Å². The summed E-state index contributed by atoms with van der Waals surface area (Å²) in [6.45, 7) is 0.663. The molecule has 0 saturated heterocycles. The van der Waals surface area contributed by atoms with Crippen LogP contribution in [0.3, 0.4) is 0 Å². The standard InChI is InChI=1S/C9H13ClN2O/c10-5-3-9(13)12-7-4-8-2-1-6-11-8/h1-2,6,11H,3-5,7H2,(H,12,13). The minimum Gasteiger partial charge on any atom is -0.365 e. The maximum absolute atomic E-state index is 11.0. The highest BCUT2D eigenvalue weighted by atomic mass is 35.5. The van der Waals surface area contributed by atoms with Crippen molar-refractivity contribution in [3.8, 4) is 0 Å². The van der Waals surface area contributed by atoms with Gasteiger partial charge in [0, 0.05) is 37.2 Å². The Morgan fingerprint density at radius 2 is 2.46 bits per heavy atom. The van der Waals surface area contributed by atoms with Gasteiger partial charge < -0.3 is 10.3 Å². The molecule has 0 aliphatic carbocycles. The van der Waals surface area contributed by atoms with Gasteiger partial charge in [-0.1, -0.05) is 0 Å². The third kappa shape index (κ3) is 3.99. The lowest BCUT2D eigenvalue weighted by Crippen LogP contribution is -2.25. The van der Waals surface area contributed by atoms with E-state index in [1.165, 1.54) is 0 Å². The summed E-state index contributed by atoms with van der Waals surface area (Å²) in [6.07, 6.45) is 3.10. The topological polar surface area (TPSA) is 44.9 Å². The van der Waals surface area contributed by atoms with Crippen LogP contribution in [0.5, 0.6) is 0 Å². The Kier molecular flexibility index (Phi) is 4.40. The van der Waals surface area contributed by atoms with Gasteiger partial charge in [-0.3, -0.25) is 4.79 Å². The third-order valence-corrected chi connectivity index (χ3v) is 1.89. The minimum absolute atomic E-state index is 0.0153. The largest absolute Gasteiger partial charge is 0.365 e. The van der Waals surface area contributed by atoms with Crippen LogP contribution in [0.2, 0.25) is 0 Å². The van der Waals surface area contributed by atoms with Crippen molar-refractivity contribution in [2.24, 2.45) is 0 Å². The number of hydrogen-bond donors (Lipinski definition) is 2. The van der Waals surface area contributed by atoms with Crippen LogP contribution in [-0.4, -0.2) is 23.3 Å². The maximum Gasteiger partial charge on any atom is 0.221 e. The summed E-state index contributed by atoms with van der Waals surface area (Å²) in [6, 6.07) is 3.93. The number of amides is 1. The Balaban J connectivity index is 2.11. The zero-order valence-electron chi connectivity index (χ0n) is 7.35. The molecule has 0 unspecified atom stereocenters. The van der Waals surface area contributed by atoms with E-state index in [2.05, 4.69) is 10.3 Å². The Morgan fingerprint density at radius 1 is 1.62 bits per heavy atom. The molecule has 0 aliphatic heterocycles. The van der Waals surface area contributed by atoms with Crippen LogP contribution in [0.1, 0.15) is 12.1 Å². The molecule has 1 aromatic heterocycles. The molecule has 0 aromatic carbocycles. The molecule has 1 heterocycles. The summed E-state index contributed by atoms with van der Waals surface area (Å²) in [7, 11) is 0. The summed E-state index contributed by atoms with van der Waals surface area (Å²) in [5.41, 5.74) is 1.13. The quantitative estimate of drug-likeness (QED) is 0.692. The molecule has 0 atom stereocenters. The van der Waals surface area contributed by atoms with E-state index in [-0.39, 0.29) is 5.91 Å². The van der Waals surface area contributed by atoms with Crippen molar-refractivity contribution in [2.45, 2.75) is 12.8 Å². The number of hydrogen-bond acceptors (Lipinski definition) is 1. The van der Waals surface area contributed by atoms with Crippen LogP contribution in [0.25, 0.3) is 0 Å². The lowest BCUT2D eigenvalue weighted by molar-refractivity contribution is -0.120. The molecule has 3 nitrogen and oxygen atoms in total. The number of rotatable bonds is 5. The maximum atomic E-state index is 11.0. The van der Waals surface area contributed by atoms with Crippen LogP contribution in [0, 0.1) is 0 Å². The second-order valence-corrected chi connectivity index (χ2v) is 3.11. The number of halogens is 1. The van der Waals surface area contributed by atoms with E-state index in [0.29, 0.717) is 18.8 Å². The van der Waals surface area contributed by atoms with Gasteiger partial charge in [-0.15, -0.1) is 11.6 Å². The van der Waals surface area contributed by atoms with E-state index in [4.69, 9.17) is 11.6 Å². The number of H-pyrrole nitrogens is 1. The fraction of sp³-hybridized carbons (Fsp3) is 0.444. The van der Waals surface area contributed by atoms with E-state index in [1.54, 1.807) is 0 Å². The van der Waals surface area contributed by atoms with Gasteiger partial charge in [0.05, 0.1) is 0 Å². The monoisotopic (exact) mass is 200 g/mol. The molecule has 2 N–H and O–H groups in total. The van der Waals surface area contributed by atoms with Gasteiger partial charge in [0.2, 0.25) is 5.91 Å². The van der Waals surface area contributed by atoms with Crippen LogP contribution >= 0.6 is 11.6 Å². The summed E-state index contributed by atoms with van der Waals surface area (Å²) in [4.78, 5) is 14.0. The molecule has 0 aliphatic rings. The Morgan fingerprint density at radius 3 is 3.08 bits per heavy atom. The average molecular weight is 201 g/mol. The highest BCUT2D eigenvalue weighted by molar-refractivity contribution is 6.18. The highest BCUT2D eigenvalue weighted by Crippen LogP contribution is 1.94. The smallest absolute Gasteiger partial charge is 0.221 e. The fourth-order valence-electron chi connectivity index (χ4n) is 1.03. The van der Waals surface area contributed by atoms with Gasteiger partial charge in [0.1, 0.15) is 0 Å². The van der Waals surface area contributed by atoms with E-state index in [1.807, 2.05) is 18.3 Å². The summed E-state index contributed by atoms with van der Waals surface area (Å²) >= 11 is 5.41. The zero-order valence-corrected chi connectivity index (χ0v) is 8.10. The third-order valence-electron chi connectivity index (χ3n) is 1.70. The Bertz CT molecular complexity index is 246. The van der Waals surface area contributed by atoms with Crippen LogP contribution in [0.15, 0.2) is 18.3 Å². The minimum atomic E-state index is 0.0153. The van der Waals surface area contributed by atoms with E-state index in [0.717, 1.165) is 12.1 Å². The Hall–Kier alpha value is -0.960. The fourth-order valence-corrected chi connectivity index (χ4v) is 1.21. The first-order valence-corrected chi connectivity index (χ1v) is 4.81. The van der Waals surface area contributed by atoms with Gasteiger partial charge in [-0.05, 0) is 12.1 Å². The van der Waals surface area contributed by atoms with E-state index >= 15 is 0 Å². The molecule has 4 heteroatoms. The van der Waals surface area contributed by atoms with Gasteiger partial charge in [0.25, 0.3) is 0 Å². The second-order valence-electron chi connectivity index (χ2n) is 2.73. The van der Waals surface area contributed by atoms with Crippen molar-refractivity contribution in [3.63, 3.8) is 0 Å². The molecular weight excluding hydrogens is 188 g/mol. The number of alkyl halides is 1. The summed E-state index contributed by atoms with van der Waals surface area (Å²) < 4.78 is 0. The molecule has 1 aromatic rings. The molecular formula is C9H13ClN2O. The molecule has 0 fully saturated rings. The molecule has 1 rings (SSSR count). The molecule has 1 amide bonds. The number of aromatic amines is 1. The number of aromatic nitrogens is 1. The van der Waals surface area contributed by atoms with Crippen molar-refractivity contribution in [1.29, 1.82) is 0 Å². The molecule has 13 heavy (non-hydrogen) atoms. The molecule has 0 saturated carbocycles. The van der Waals surface area contributed by atoms with Crippen LogP contribution < -0.4 is 5.32 Å². The summed E-state index contributed by atoms with van der Waals surface area (Å²) in [5, 5.41) is 2.78. The lowest BCUT2D eigenvalue weighted by atomic mass is 10.3. The molecule has 0 radical (unpaired) electrons. The number of carbonyl (C=O) groups is 1. The van der Waals surface area contributed by atoms with Crippen molar-refractivity contribution in [3.05, 3.63) is 24.0 Å². The Labute approximate surface area is 82.5 Å². The van der Waals surface area contributed by atoms with Crippen molar-refractivity contribution in [1.82, 2.24) is 10.3 Å². The zero-order chi connectivity index (χ0) is 9.52. The van der Waals surface area contributed by atoms with Crippen LogP contribution in [0.4, 0.5) is 0 Å². The second kappa shape index (κ2) is 5.65. The lowest BCUT2D eigenvalue weighted by Gasteiger charge is -2.01. The summed E-state index contributed by atoms with van der Waals surface area (Å²) in [5.74, 6) is 0.399. The van der Waals surface area contributed by atoms with Crippen molar-refractivity contribution in [2.75, 3.05) is 12.4 Å². The SMILES string of the molecule is O=C(CCCl)NCCc1ccc[nH]1. The van der Waals surface area contributed by atoms with Gasteiger partial charge in [-0.25, -0.2) is 0 Å². The first-order valence-electron chi connectivity index (χ1n) is 4.28. The van der Waals surface area contributed by atoms with Gasteiger partial charge >= 0.3 is 0 Å². The molecule has 72 valence electrons. The highest BCUT2D eigenvalue weighted by Gasteiger charge is 1.98. The predicted octanol–water partition coefficient (Wildman–Crippen LogP) is 1.30. The van der Waals surface area contributed by atoms with Crippen LogP contribution in [-0.2, 0) is 11.2 Å². The van der Waals surface area contributed by atoms with Gasteiger partial charge in [-0.2, -0.15) is 0 Å². The predicted molar refractivity (Wildman–Crippen MR) is 52.8 cm³/mol. The normalized spacial score (nSPS) is 9.92. The van der Waals surface area contributed by atoms with Gasteiger partial charge in [0.15, 0.2) is 0 Å². The number of nitrogens with one attached hydrogen (secondary N) is 2.